The van der Waals surface area contributed by atoms with Gasteiger partial charge >= 0.3 is 5.97 Å². The molecule has 0 aliphatic heterocycles. The van der Waals surface area contributed by atoms with Crippen molar-refractivity contribution in [3.05, 3.63) is 65.2 Å². The van der Waals surface area contributed by atoms with Crippen molar-refractivity contribution < 1.29 is 25.2 Å². The molecule has 0 saturated heterocycles. The number of phenols is 1. The molecule has 2 aromatic carbocycles. The van der Waals surface area contributed by atoms with Gasteiger partial charge in [-0.2, -0.15) is 0 Å². The Hall–Kier alpha value is -2.41. The summed E-state index contributed by atoms with van der Waals surface area (Å²) >= 11 is 0. The van der Waals surface area contributed by atoms with Gasteiger partial charge in [0.1, 0.15) is 5.75 Å². The Kier molecular flexibility index (Phi) is 9.64. The molecule has 5 N–H and O–H groups in total. The molecule has 0 aliphatic carbocycles. The van der Waals surface area contributed by atoms with E-state index in [1.54, 1.807) is 12.1 Å². The van der Waals surface area contributed by atoms with Crippen molar-refractivity contribution in [3.63, 3.8) is 0 Å². The average Bonchev–Trinajstić information content (AvgIpc) is 2.73. The fourth-order valence-corrected chi connectivity index (χ4v) is 3.31. The molecule has 0 aromatic heterocycles. The monoisotopic (exact) mass is 401 g/mol. The molecule has 0 aliphatic rings. The number of aromatic hydroxyl groups is 1. The lowest BCUT2D eigenvalue weighted by molar-refractivity contribution is -0.142. The Balaban J connectivity index is 1.65. The van der Waals surface area contributed by atoms with E-state index in [1.807, 2.05) is 30.3 Å². The highest BCUT2D eigenvalue weighted by atomic mass is 16.4. The van der Waals surface area contributed by atoms with Crippen molar-refractivity contribution in [2.75, 3.05) is 13.1 Å². The number of aliphatic carboxylic acids is 1. The number of nitrogens with one attached hydrogen (secondary N) is 1. The van der Waals surface area contributed by atoms with Crippen LogP contribution in [0.2, 0.25) is 0 Å². The Morgan fingerprint density at radius 1 is 1.03 bits per heavy atom. The first-order chi connectivity index (χ1) is 14.0. The Labute approximate surface area is 171 Å². The zero-order valence-corrected chi connectivity index (χ0v) is 16.6. The Bertz CT molecular complexity index is 750. The van der Waals surface area contributed by atoms with Gasteiger partial charge in [-0.25, -0.2) is 0 Å². The number of benzene rings is 2. The van der Waals surface area contributed by atoms with Crippen LogP contribution in [0.5, 0.6) is 5.75 Å². The summed E-state index contributed by atoms with van der Waals surface area (Å²) in [4.78, 5) is 11.5. The molecule has 0 radical (unpaired) electrons. The van der Waals surface area contributed by atoms with Crippen LogP contribution in [-0.4, -0.2) is 39.5 Å². The maximum Gasteiger partial charge on any atom is 0.306 e. The van der Waals surface area contributed by atoms with E-state index in [0.717, 1.165) is 24.8 Å². The van der Waals surface area contributed by atoms with Gasteiger partial charge in [0, 0.05) is 12.1 Å². The first-order valence-corrected chi connectivity index (χ1v) is 10.1. The molecule has 0 spiro atoms. The van der Waals surface area contributed by atoms with Gasteiger partial charge in [0.05, 0.1) is 18.6 Å². The summed E-state index contributed by atoms with van der Waals surface area (Å²) < 4.78 is 0. The van der Waals surface area contributed by atoms with Crippen LogP contribution in [0.4, 0.5) is 0 Å². The van der Waals surface area contributed by atoms with Crippen LogP contribution in [0.1, 0.15) is 48.5 Å². The molecule has 6 heteroatoms. The van der Waals surface area contributed by atoms with Crippen molar-refractivity contribution in [2.45, 2.75) is 44.8 Å². The molecule has 0 bridgehead atoms. The number of hydrogen-bond acceptors (Lipinski definition) is 5. The van der Waals surface area contributed by atoms with Crippen LogP contribution >= 0.6 is 0 Å². The number of carboxylic acids is 1. The fourth-order valence-electron chi connectivity index (χ4n) is 3.31. The van der Waals surface area contributed by atoms with Gasteiger partial charge in [-0.3, -0.25) is 4.79 Å². The molecule has 0 amide bonds. The van der Waals surface area contributed by atoms with Crippen molar-refractivity contribution in [1.82, 2.24) is 5.32 Å². The predicted octanol–water partition coefficient (Wildman–Crippen LogP) is 3.01. The lowest BCUT2D eigenvalue weighted by atomic mass is 9.94. The molecule has 2 rings (SSSR count). The van der Waals surface area contributed by atoms with E-state index in [-0.39, 0.29) is 18.3 Å². The van der Waals surface area contributed by atoms with Crippen LogP contribution in [0, 0.1) is 5.92 Å². The van der Waals surface area contributed by atoms with Crippen LogP contribution < -0.4 is 5.32 Å². The van der Waals surface area contributed by atoms with Crippen molar-refractivity contribution >= 4 is 5.97 Å². The maximum atomic E-state index is 11.5. The second-order valence-corrected chi connectivity index (χ2v) is 7.32. The summed E-state index contributed by atoms with van der Waals surface area (Å²) in [5, 5.41) is 41.6. The summed E-state index contributed by atoms with van der Waals surface area (Å²) in [7, 11) is 0. The van der Waals surface area contributed by atoms with Gasteiger partial charge in [-0.15, -0.1) is 0 Å². The normalized spacial score (nSPS) is 13.2. The third-order valence-corrected chi connectivity index (χ3v) is 5.13. The molecular weight excluding hydrogens is 370 g/mol. The quantitative estimate of drug-likeness (QED) is 0.330. The molecule has 2 aromatic rings. The van der Waals surface area contributed by atoms with E-state index in [1.165, 1.54) is 6.07 Å². The van der Waals surface area contributed by atoms with E-state index in [9.17, 15) is 25.2 Å². The van der Waals surface area contributed by atoms with Crippen LogP contribution in [-0.2, 0) is 17.8 Å². The van der Waals surface area contributed by atoms with Crippen LogP contribution in [0.3, 0.4) is 0 Å². The van der Waals surface area contributed by atoms with Crippen molar-refractivity contribution in [1.29, 1.82) is 0 Å². The molecule has 29 heavy (non-hydrogen) atoms. The summed E-state index contributed by atoms with van der Waals surface area (Å²) in [6, 6.07) is 14.6. The second-order valence-electron chi connectivity index (χ2n) is 7.32. The lowest BCUT2D eigenvalue weighted by Crippen LogP contribution is -2.23. The van der Waals surface area contributed by atoms with Gasteiger partial charge in [0.15, 0.2) is 0 Å². The zero-order valence-electron chi connectivity index (χ0n) is 16.6. The Morgan fingerprint density at radius 3 is 2.48 bits per heavy atom. The largest absolute Gasteiger partial charge is 0.508 e. The number of unbranched alkanes of at least 4 members (excludes halogenated alkanes) is 1. The van der Waals surface area contributed by atoms with Gasteiger partial charge in [-0.05, 0) is 55.5 Å². The van der Waals surface area contributed by atoms with E-state index in [0.29, 0.717) is 37.1 Å². The highest BCUT2D eigenvalue weighted by Crippen LogP contribution is 2.22. The van der Waals surface area contributed by atoms with Crippen molar-refractivity contribution in [2.24, 2.45) is 5.92 Å². The van der Waals surface area contributed by atoms with Crippen LogP contribution in [0.25, 0.3) is 0 Å². The minimum absolute atomic E-state index is 0.0108. The first-order valence-electron chi connectivity index (χ1n) is 10.1. The fraction of sp³-hybridized carbons (Fsp3) is 0.435. The van der Waals surface area contributed by atoms with E-state index in [4.69, 9.17) is 0 Å². The third kappa shape index (κ3) is 7.85. The highest BCUT2D eigenvalue weighted by molar-refractivity contribution is 5.69. The average molecular weight is 402 g/mol. The lowest BCUT2D eigenvalue weighted by Gasteiger charge is -2.15. The molecule has 2 unspecified atom stereocenters. The Morgan fingerprint density at radius 2 is 1.79 bits per heavy atom. The molecule has 0 fully saturated rings. The number of carbonyl (C=O) groups is 1. The molecule has 0 heterocycles. The molecule has 6 nitrogen and oxygen atoms in total. The van der Waals surface area contributed by atoms with E-state index >= 15 is 0 Å². The van der Waals surface area contributed by atoms with Gasteiger partial charge in [0.2, 0.25) is 0 Å². The first kappa shape index (κ1) is 22.9. The van der Waals surface area contributed by atoms with E-state index < -0.39 is 12.1 Å². The molecule has 158 valence electrons. The number of aliphatic hydroxyl groups excluding tert-OH is 2. The molecular formula is C23H31NO5. The minimum atomic E-state index is -0.740. The summed E-state index contributed by atoms with van der Waals surface area (Å²) in [5.41, 5.74) is 2.18. The predicted molar refractivity (Wildman–Crippen MR) is 112 cm³/mol. The maximum absolute atomic E-state index is 11.5. The number of rotatable bonds is 13. The van der Waals surface area contributed by atoms with Gasteiger partial charge in [-0.1, -0.05) is 42.8 Å². The molecule has 2 atom stereocenters. The smallest absolute Gasteiger partial charge is 0.306 e. The minimum Gasteiger partial charge on any atom is -0.508 e. The summed E-state index contributed by atoms with van der Waals surface area (Å²) in [6.45, 7) is 0.758. The summed E-state index contributed by atoms with van der Waals surface area (Å²) in [5.74, 6) is -1.07. The summed E-state index contributed by atoms with van der Waals surface area (Å²) in [6.07, 6.45) is 2.95. The highest BCUT2D eigenvalue weighted by Gasteiger charge is 2.17. The second kappa shape index (κ2) is 12.2. The zero-order chi connectivity index (χ0) is 21.1. The third-order valence-electron chi connectivity index (χ3n) is 5.13. The number of hydrogen-bond donors (Lipinski definition) is 5. The van der Waals surface area contributed by atoms with Gasteiger partial charge < -0.3 is 25.7 Å². The number of carboxylic acid groups (broad SMARTS) is 1. The SMILES string of the molecule is O=C(O)C(CCCCNCC(O)c1ccc(O)c(CO)c1)CCc1ccccc1. The standard InChI is InChI=1S/C23H31NO5/c25-16-20-14-19(11-12-21(20)26)22(27)15-24-13-5-4-8-18(23(28)29)10-9-17-6-2-1-3-7-17/h1-3,6-7,11-12,14,18,22,24-27H,4-5,8-10,13,15-16H2,(H,28,29). The number of aliphatic hydroxyl groups is 2. The molecule has 0 saturated carbocycles. The number of aryl methyl sites for hydroxylation is 1. The topological polar surface area (TPSA) is 110 Å². The van der Waals surface area contributed by atoms with Gasteiger partial charge in [0.25, 0.3) is 0 Å². The van der Waals surface area contributed by atoms with Crippen molar-refractivity contribution in [3.8, 4) is 5.75 Å². The van der Waals surface area contributed by atoms with E-state index in [2.05, 4.69) is 5.32 Å². The van der Waals surface area contributed by atoms with Crippen LogP contribution in [0.15, 0.2) is 48.5 Å².